The van der Waals surface area contributed by atoms with Crippen LogP contribution in [0.3, 0.4) is 0 Å². The molecule has 2 amide bonds. The SMILES string of the molecule is CC(CC(=O)C(C)(C)C)CC(=O)C(C)(C)C.CC(CC(=O)C(C)(C)C)CC(=O)C(C)(C)C.C[C@@H](CC(=O)COC(C)(C)C)CC(=O)C(C)(C)C.C[C@@H](CCC(=O)C(C)(C)C)C(=O)C(C)(C)C.C[C@@H](NC(=O)C(C)(C)C)C(=O)C(C)(C)C.C[C@@H](NC(=O)COC(C)(C)C)C(=O)C(C)(C)C.C[C@H](CC(=O)COC(C)(C)C)CC(=O)C(C)(C)C.C[C@H](CCC(=O)C(C)(C)C)C(=O)C(C)(C)C.C[C@H](CCC(=O)COC(C)(C)C)C(=O)C(C)(C)C. The molecule has 0 rings (SSSR count). The lowest BCUT2D eigenvalue weighted by Gasteiger charge is -2.25. The van der Waals surface area contributed by atoms with Gasteiger partial charge in [-0.3, -0.25) is 86.3 Å². The molecule has 24 heteroatoms. The summed E-state index contributed by atoms with van der Waals surface area (Å²) in [4.78, 5) is 212. The summed E-state index contributed by atoms with van der Waals surface area (Å²) in [7, 11) is 0. The summed E-state index contributed by atoms with van der Waals surface area (Å²) in [6.07, 6.45) is 7.16. The molecule has 0 aromatic carbocycles. The number of ether oxygens (including phenoxy) is 4. The van der Waals surface area contributed by atoms with Gasteiger partial charge in [-0.1, -0.05) is 339 Å². The number of carbonyl (C=O) groups excluding carboxylic acids is 18. The summed E-state index contributed by atoms with van der Waals surface area (Å²) in [6, 6.07) is -0.900. The zero-order chi connectivity index (χ0) is 123. The Morgan fingerprint density at radius 1 is 0.180 bits per heavy atom. The van der Waals surface area contributed by atoms with Crippen molar-refractivity contribution in [3.8, 4) is 0 Å². The quantitative estimate of drug-likeness (QED) is 0.0575. The minimum atomic E-state index is -0.480. The molecule has 0 radical (unpaired) electrons. The molecule has 24 nitrogen and oxygen atoms in total. The molecule has 0 aromatic heterocycles. The second kappa shape index (κ2) is 66.9. The fourth-order valence-corrected chi connectivity index (χ4v) is 12.7. The van der Waals surface area contributed by atoms with Gasteiger partial charge >= 0.3 is 0 Å². The van der Waals surface area contributed by atoms with Gasteiger partial charge in [0.2, 0.25) is 11.8 Å². The van der Waals surface area contributed by atoms with Crippen LogP contribution in [-0.2, 0) is 105 Å². The molecule has 0 aliphatic carbocycles. The Balaban J connectivity index is -0.000000213. The minimum Gasteiger partial charge on any atom is -0.368 e. The summed E-state index contributed by atoms with van der Waals surface area (Å²) in [5, 5.41) is 5.38. The fraction of sp³-hybridized carbons (Fsp3) is 0.857. The van der Waals surface area contributed by atoms with Crippen LogP contribution < -0.4 is 10.6 Å². The number of nitrogens with one attached hydrogen (secondary N) is 2. The Hall–Kier alpha value is -6.50. The van der Waals surface area contributed by atoms with Crippen molar-refractivity contribution in [3.63, 3.8) is 0 Å². The van der Waals surface area contributed by atoms with Crippen LogP contribution in [0.1, 0.15) is 526 Å². The molecule has 150 heavy (non-hydrogen) atoms. The van der Waals surface area contributed by atoms with E-state index in [1.54, 1.807) is 13.8 Å². The molecule has 0 unspecified atom stereocenters. The third-order valence-corrected chi connectivity index (χ3v) is 23.4. The molecule has 0 spiro atoms. The molecule has 7 atom stereocenters. The van der Waals surface area contributed by atoms with Gasteiger partial charge in [-0.2, -0.15) is 0 Å². The van der Waals surface area contributed by atoms with Crippen LogP contribution in [0.15, 0.2) is 0 Å². The average Bonchev–Trinajstić information content (AvgIpc) is 0.853. The van der Waals surface area contributed by atoms with Gasteiger partial charge in [0.1, 0.15) is 90.0 Å². The van der Waals surface area contributed by atoms with Crippen LogP contribution in [0.4, 0.5) is 0 Å². The van der Waals surface area contributed by atoms with E-state index in [1.807, 2.05) is 422 Å². The summed E-state index contributed by atoms with van der Waals surface area (Å²) in [5.41, 5.74) is -5.85. The van der Waals surface area contributed by atoms with E-state index in [-0.39, 0.29) is 254 Å². The maximum absolute atomic E-state index is 12.0. The first kappa shape index (κ1) is 161. The van der Waals surface area contributed by atoms with Crippen molar-refractivity contribution < 1.29 is 105 Å². The Morgan fingerprint density at radius 3 is 0.520 bits per heavy atom. The molecule has 0 aliphatic rings. The fourth-order valence-electron chi connectivity index (χ4n) is 12.7. The van der Waals surface area contributed by atoms with Gasteiger partial charge in [0, 0.05) is 164 Å². The zero-order valence-corrected chi connectivity index (χ0v) is 109. The lowest BCUT2D eigenvalue weighted by molar-refractivity contribution is -0.136. The average molecular weight is 2130 g/mol. The molecule has 0 bridgehead atoms. The predicted molar refractivity (Wildman–Crippen MR) is 619 cm³/mol. The molecular formula is C126H236N2O22. The maximum atomic E-state index is 12.0. The van der Waals surface area contributed by atoms with Crippen molar-refractivity contribution >= 4 is 104 Å². The monoisotopic (exact) mass is 2130 g/mol. The third-order valence-electron chi connectivity index (χ3n) is 23.4. The Bertz CT molecular complexity index is 3930. The smallest absolute Gasteiger partial charge is 0.246 e. The summed E-state index contributed by atoms with van der Waals surface area (Å²) in [5.74, 6) is 2.85. The first-order chi connectivity index (χ1) is 65.5. The van der Waals surface area contributed by atoms with E-state index in [1.165, 1.54) is 0 Å². The largest absolute Gasteiger partial charge is 0.368 e. The van der Waals surface area contributed by atoms with Gasteiger partial charge in [-0.15, -0.1) is 0 Å². The van der Waals surface area contributed by atoms with Crippen molar-refractivity contribution in [2.24, 2.45) is 117 Å². The van der Waals surface area contributed by atoms with E-state index in [9.17, 15) is 86.3 Å². The third kappa shape index (κ3) is 89.7. The van der Waals surface area contributed by atoms with Gasteiger partial charge in [0.05, 0.1) is 34.5 Å². The van der Waals surface area contributed by atoms with Gasteiger partial charge in [-0.05, 0) is 140 Å². The Kier molecular flexibility index (Phi) is 71.9. The molecule has 0 saturated heterocycles. The number of hydrogen-bond acceptors (Lipinski definition) is 22. The van der Waals surface area contributed by atoms with Crippen molar-refractivity contribution in [1.82, 2.24) is 10.6 Å². The highest BCUT2D eigenvalue weighted by Gasteiger charge is 2.38. The van der Waals surface area contributed by atoms with E-state index < -0.39 is 28.3 Å². The Labute approximate surface area is 919 Å². The van der Waals surface area contributed by atoms with Gasteiger partial charge < -0.3 is 29.6 Å². The van der Waals surface area contributed by atoms with Crippen LogP contribution in [0, 0.1) is 117 Å². The molecule has 882 valence electrons. The summed E-state index contributed by atoms with van der Waals surface area (Å²) < 4.78 is 21.6. The number of hydrogen-bond donors (Lipinski definition) is 2. The molecule has 0 saturated carbocycles. The van der Waals surface area contributed by atoms with Crippen LogP contribution >= 0.6 is 0 Å². The topological polar surface area (TPSA) is 368 Å². The van der Waals surface area contributed by atoms with Crippen LogP contribution in [0.25, 0.3) is 0 Å². The minimum absolute atomic E-state index is 0.0154. The van der Waals surface area contributed by atoms with Crippen LogP contribution in [0.5, 0.6) is 0 Å². The van der Waals surface area contributed by atoms with Gasteiger partial charge in [0.25, 0.3) is 0 Å². The lowest BCUT2D eigenvalue weighted by atomic mass is 9.80. The van der Waals surface area contributed by atoms with Crippen molar-refractivity contribution in [2.75, 3.05) is 26.4 Å². The highest BCUT2D eigenvalue weighted by Crippen LogP contribution is 2.33. The van der Waals surface area contributed by atoms with E-state index in [0.29, 0.717) is 89.9 Å². The number of carbonyl (C=O) groups is 18. The number of amides is 2. The molecule has 0 fully saturated rings. The number of ketones is 16. The zero-order valence-electron chi connectivity index (χ0n) is 109. The molecule has 0 heterocycles. The molecular weight excluding hydrogens is 1890 g/mol. The van der Waals surface area contributed by atoms with E-state index >= 15 is 0 Å². The molecule has 0 aliphatic heterocycles. The van der Waals surface area contributed by atoms with Crippen molar-refractivity contribution in [3.05, 3.63) is 0 Å². The first-order valence-corrected chi connectivity index (χ1v) is 55.2. The van der Waals surface area contributed by atoms with Crippen molar-refractivity contribution in [2.45, 2.75) is 561 Å². The second-order valence-electron chi connectivity index (χ2n) is 60.8. The standard InChI is InChI=1S/3C15H28O3.4C14H26O2.C13H25NO3.C12H23NO2/c2*1-11(9-13(17)14(2,3)4)8-12(16)10-18-15(5,6)7;1-11(13(17)14(2,3)4)8-9-12(16)10-18-15(5,6)7;2*1-10(8-11(15)13(2,3)4)9-12(16)14(5,6)7;2*1-10(12(16)14(5,6)7)8-9-11(15)13(2,3)4;1-9(11(16)12(2,3)4)14-10(15)8-17-13(5,6)7;1-8(9(14)11(2,3)4)13-10(15)12(5,6)7/h3*11H,8-10H2,1-7H3;4*10H,8-9H2,1-7H3;9H,8H2,1-7H3,(H,14,15);8H,1-7H3,(H,13,15)/t3*11-;;;2*10-;9-;8-/m101..1011/s1. The van der Waals surface area contributed by atoms with Crippen LogP contribution in [-0.4, -0.2) is 165 Å². The van der Waals surface area contributed by atoms with E-state index in [4.69, 9.17) is 18.9 Å². The van der Waals surface area contributed by atoms with Crippen molar-refractivity contribution in [1.29, 1.82) is 0 Å². The van der Waals surface area contributed by atoms with E-state index in [2.05, 4.69) is 10.6 Å². The first-order valence-electron chi connectivity index (χ1n) is 55.2. The highest BCUT2D eigenvalue weighted by molar-refractivity contribution is 5.95. The predicted octanol–water partition coefficient (Wildman–Crippen LogP) is 28.8. The lowest BCUT2D eigenvalue weighted by Crippen LogP contribution is -2.47. The summed E-state index contributed by atoms with van der Waals surface area (Å²) in [6.45, 7) is 120. The summed E-state index contributed by atoms with van der Waals surface area (Å²) >= 11 is 0. The molecule has 2 N–H and O–H groups in total. The molecule has 0 aromatic rings. The van der Waals surface area contributed by atoms with Gasteiger partial charge in [-0.25, -0.2) is 0 Å². The number of rotatable bonds is 40. The van der Waals surface area contributed by atoms with Gasteiger partial charge in [0.15, 0.2) is 28.9 Å². The number of Topliss-reactive ketones (excluding diaryl/α,β-unsaturated/α-hetero) is 16. The normalized spacial score (nSPS) is 14.2. The maximum Gasteiger partial charge on any atom is 0.246 e. The highest BCUT2D eigenvalue weighted by atomic mass is 16.5. The Morgan fingerprint density at radius 2 is 0.347 bits per heavy atom. The second-order valence-corrected chi connectivity index (χ2v) is 60.8. The van der Waals surface area contributed by atoms with Crippen LogP contribution in [0.2, 0.25) is 0 Å². The van der Waals surface area contributed by atoms with E-state index in [0.717, 1.165) is 0 Å².